The van der Waals surface area contributed by atoms with Gasteiger partial charge in [0.2, 0.25) is 11.8 Å². The molecule has 2 amide bonds. The zero-order valence-electron chi connectivity index (χ0n) is 15.2. The number of nitrogens with zero attached hydrogens (tertiary/aromatic N) is 2. The van der Waals surface area contributed by atoms with Gasteiger partial charge in [0, 0.05) is 43.1 Å². The summed E-state index contributed by atoms with van der Waals surface area (Å²) in [4.78, 5) is 32.3. The average Bonchev–Trinajstić information content (AvgIpc) is 3.11. The fourth-order valence-electron chi connectivity index (χ4n) is 2.57. The first kappa shape index (κ1) is 20.2. The van der Waals surface area contributed by atoms with Gasteiger partial charge in [0.15, 0.2) is 0 Å². The van der Waals surface area contributed by atoms with Crippen molar-refractivity contribution in [2.45, 2.75) is 18.4 Å². The number of aromatic nitrogens is 2. The number of amides is 2. The van der Waals surface area contributed by atoms with Crippen molar-refractivity contribution >= 4 is 45.1 Å². The van der Waals surface area contributed by atoms with Gasteiger partial charge < -0.3 is 10.6 Å². The Morgan fingerprint density at radius 1 is 1.14 bits per heavy atom. The van der Waals surface area contributed by atoms with Crippen LogP contribution in [0.5, 0.6) is 0 Å². The smallest absolute Gasteiger partial charge is 0.220 e. The van der Waals surface area contributed by atoms with Gasteiger partial charge in [-0.05, 0) is 17.7 Å². The van der Waals surface area contributed by atoms with Crippen LogP contribution in [0.4, 0.5) is 4.39 Å². The second-order valence-corrected chi connectivity index (χ2v) is 7.89. The van der Waals surface area contributed by atoms with Crippen LogP contribution in [0.25, 0.3) is 21.3 Å². The van der Waals surface area contributed by atoms with Gasteiger partial charge in [0.1, 0.15) is 22.0 Å². The number of hydrogen-bond acceptors (Lipinski definition) is 6. The molecule has 0 unspecified atom stereocenters. The maximum atomic E-state index is 13.2. The minimum Gasteiger partial charge on any atom is -0.355 e. The number of halogens is 1. The lowest BCUT2D eigenvalue weighted by atomic mass is 10.1. The third-order valence-corrected chi connectivity index (χ3v) is 5.76. The van der Waals surface area contributed by atoms with E-state index in [4.69, 9.17) is 0 Å². The molecular formula is C19H19FN4O2S2. The third-order valence-electron chi connectivity index (χ3n) is 3.88. The summed E-state index contributed by atoms with van der Waals surface area (Å²) in [5, 5.41) is 9.11. The van der Waals surface area contributed by atoms with Crippen LogP contribution in [-0.4, -0.2) is 40.6 Å². The molecule has 0 saturated carbocycles. The quantitative estimate of drug-likeness (QED) is 0.333. The van der Waals surface area contributed by atoms with Gasteiger partial charge in [-0.2, -0.15) is 0 Å². The highest BCUT2D eigenvalue weighted by molar-refractivity contribution is 7.99. The number of carbonyl (C=O) groups excluding carboxylic acids is 2. The fraction of sp³-hybridized carbons (Fsp3) is 0.263. The number of rotatable bonds is 8. The van der Waals surface area contributed by atoms with Crippen molar-refractivity contribution in [3.8, 4) is 11.1 Å². The molecule has 0 spiro atoms. The zero-order chi connectivity index (χ0) is 19.9. The molecule has 2 N–H and O–H groups in total. The normalized spacial score (nSPS) is 10.8. The summed E-state index contributed by atoms with van der Waals surface area (Å²) in [7, 11) is 0. The molecule has 3 rings (SSSR count). The van der Waals surface area contributed by atoms with Crippen LogP contribution in [0, 0.1) is 5.82 Å². The van der Waals surface area contributed by atoms with Crippen molar-refractivity contribution in [3.05, 3.63) is 41.8 Å². The minimum atomic E-state index is -0.279. The highest BCUT2D eigenvalue weighted by Crippen LogP contribution is 2.37. The maximum absolute atomic E-state index is 13.2. The Balaban J connectivity index is 1.63. The maximum Gasteiger partial charge on any atom is 0.220 e. The highest BCUT2D eigenvalue weighted by atomic mass is 32.2. The summed E-state index contributed by atoms with van der Waals surface area (Å²) in [6, 6.07) is 6.34. The van der Waals surface area contributed by atoms with Crippen LogP contribution in [0.1, 0.15) is 13.3 Å². The second kappa shape index (κ2) is 9.61. The Hall–Kier alpha value is -2.52. The predicted molar refractivity (Wildman–Crippen MR) is 110 cm³/mol. The van der Waals surface area contributed by atoms with Gasteiger partial charge in [-0.15, -0.1) is 23.1 Å². The van der Waals surface area contributed by atoms with E-state index in [1.807, 2.05) is 5.38 Å². The average molecular weight is 419 g/mol. The van der Waals surface area contributed by atoms with Crippen molar-refractivity contribution in [1.82, 2.24) is 20.6 Å². The molecule has 0 saturated heterocycles. The molecule has 0 fully saturated rings. The molecule has 0 bridgehead atoms. The van der Waals surface area contributed by atoms with Gasteiger partial charge in [0.05, 0.1) is 5.39 Å². The Bertz CT molecular complexity index is 976. The zero-order valence-corrected chi connectivity index (χ0v) is 16.8. The summed E-state index contributed by atoms with van der Waals surface area (Å²) >= 11 is 3.00. The summed E-state index contributed by atoms with van der Waals surface area (Å²) in [5.74, 6) is 0.0905. The lowest BCUT2D eigenvalue weighted by Crippen LogP contribution is -2.33. The topological polar surface area (TPSA) is 84.0 Å². The number of thioether (sulfide) groups is 1. The Morgan fingerprint density at radius 3 is 2.64 bits per heavy atom. The number of hydrogen-bond donors (Lipinski definition) is 2. The summed E-state index contributed by atoms with van der Waals surface area (Å²) in [5.41, 5.74) is 1.86. The number of thiophene rings is 1. The van der Waals surface area contributed by atoms with Crippen molar-refractivity contribution < 1.29 is 14.0 Å². The first-order valence-electron chi connectivity index (χ1n) is 8.66. The standard InChI is InChI=1S/C19H19FN4O2S2/c1-12(25)21-7-8-22-16(26)6-9-27-18-17-15(10-28-19(17)24-11-23-18)13-2-4-14(20)5-3-13/h2-5,10-11H,6-9H2,1H3,(H,21,25)(H,22,26). The van der Waals surface area contributed by atoms with E-state index in [1.165, 1.54) is 48.5 Å². The number of fused-ring (bicyclic) bond motifs is 1. The molecule has 6 nitrogen and oxygen atoms in total. The van der Waals surface area contributed by atoms with Crippen LogP contribution in [0.3, 0.4) is 0 Å². The summed E-state index contributed by atoms with van der Waals surface area (Å²) in [6.45, 7) is 2.25. The molecule has 0 aliphatic carbocycles. The van der Waals surface area contributed by atoms with E-state index < -0.39 is 0 Å². The van der Waals surface area contributed by atoms with E-state index in [-0.39, 0.29) is 17.6 Å². The molecule has 1 aromatic carbocycles. The van der Waals surface area contributed by atoms with Gasteiger partial charge in [0.25, 0.3) is 0 Å². The van der Waals surface area contributed by atoms with Crippen LogP contribution in [-0.2, 0) is 9.59 Å². The highest BCUT2D eigenvalue weighted by Gasteiger charge is 2.14. The largest absolute Gasteiger partial charge is 0.355 e. The molecular weight excluding hydrogens is 399 g/mol. The second-order valence-electron chi connectivity index (χ2n) is 5.95. The first-order chi connectivity index (χ1) is 13.5. The van der Waals surface area contributed by atoms with Crippen molar-refractivity contribution in [3.63, 3.8) is 0 Å². The van der Waals surface area contributed by atoms with E-state index in [0.29, 0.717) is 25.3 Å². The number of carbonyl (C=O) groups is 2. The fourth-order valence-corrected chi connectivity index (χ4v) is 4.50. The molecule has 0 radical (unpaired) electrons. The van der Waals surface area contributed by atoms with E-state index in [1.54, 1.807) is 12.1 Å². The lowest BCUT2D eigenvalue weighted by molar-refractivity contribution is -0.121. The number of benzene rings is 1. The minimum absolute atomic E-state index is 0.0766. The summed E-state index contributed by atoms with van der Waals surface area (Å²) in [6.07, 6.45) is 1.86. The molecule has 0 aliphatic rings. The van der Waals surface area contributed by atoms with Crippen LogP contribution in [0.15, 0.2) is 41.0 Å². The SMILES string of the molecule is CC(=O)NCCNC(=O)CCSc1ncnc2scc(-c3ccc(F)cc3)c12. The Morgan fingerprint density at radius 2 is 1.89 bits per heavy atom. The van der Waals surface area contributed by atoms with Crippen LogP contribution >= 0.6 is 23.1 Å². The number of nitrogens with one attached hydrogen (secondary N) is 2. The van der Waals surface area contributed by atoms with E-state index >= 15 is 0 Å². The van der Waals surface area contributed by atoms with E-state index in [2.05, 4.69) is 20.6 Å². The van der Waals surface area contributed by atoms with Crippen molar-refractivity contribution in [2.75, 3.05) is 18.8 Å². The predicted octanol–water partition coefficient (Wildman–Crippen LogP) is 3.23. The van der Waals surface area contributed by atoms with Gasteiger partial charge in [-0.3, -0.25) is 9.59 Å². The van der Waals surface area contributed by atoms with E-state index in [9.17, 15) is 14.0 Å². The van der Waals surface area contributed by atoms with Gasteiger partial charge >= 0.3 is 0 Å². The Kier molecular flexibility index (Phi) is 6.94. The lowest BCUT2D eigenvalue weighted by Gasteiger charge is -2.07. The van der Waals surface area contributed by atoms with Crippen molar-refractivity contribution in [2.24, 2.45) is 0 Å². The van der Waals surface area contributed by atoms with Crippen molar-refractivity contribution in [1.29, 1.82) is 0 Å². The molecule has 0 atom stereocenters. The van der Waals surface area contributed by atoms with Crippen LogP contribution in [0.2, 0.25) is 0 Å². The van der Waals surface area contributed by atoms with Gasteiger partial charge in [-0.25, -0.2) is 14.4 Å². The molecule has 0 aliphatic heterocycles. The van der Waals surface area contributed by atoms with Crippen LogP contribution < -0.4 is 10.6 Å². The first-order valence-corrected chi connectivity index (χ1v) is 10.5. The van der Waals surface area contributed by atoms with E-state index in [0.717, 1.165) is 26.4 Å². The molecule has 146 valence electrons. The summed E-state index contributed by atoms with van der Waals surface area (Å²) < 4.78 is 13.2. The molecule has 3 aromatic rings. The molecule has 2 aromatic heterocycles. The monoisotopic (exact) mass is 418 g/mol. The van der Waals surface area contributed by atoms with Gasteiger partial charge in [-0.1, -0.05) is 12.1 Å². The molecule has 2 heterocycles. The molecule has 28 heavy (non-hydrogen) atoms. The third kappa shape index (κ3) is 5.26. The Labute approximate surface area is 170 Å². The molecule has 9 heteroatoms.